The predicted molar refractivity (Wildman–Crippen MR) is 102 cm³/mol. The van der Waals surface area contributed by atoms with Gasteiger partial charge in [-0.25, -0.2) is 0 Å². The summed E-state index contributed by atoms with van der Waals surface area (Å²) in [4.78, 5) is 27.9. The highest BCUT2D eigenvalue weighted by atomic mass is 16.4. The summed E-state index contributed by atoms with van der Waals surface area (Å²) in [6.45, 7) is 2.18. The maximum Gasteiger partial charge on any atom is 0.306 e. The molecule has 1 heterocycles. The van der Waals surface area contributed by atoms with Gasteiger partial charge in [0.1, 0.15) is 0 Å². The fourth-order valence-corrected chi connectivity index (χ4v) is 4.25. The Bertz CT molecular complexity index is 632. The SMILES string of the molecule is CN(Cc1cccc(N2CCC(C(=O)O)CC2)c1)C(=O)C1CCCCC1. The summed E-state index contributed by atoms with van der Waals surface area (Å²) in [5, 5.41) is 9.14. The van der Waals surface area contributed by atoms with Crippen LogP contribution in [0.25, 0.3) is 0 Å². The molecule has 3 rings (SSSR count). The highest BCUT2D eigenvalue weighted by Gasteiger charge is 2.26. The van der Waals surface area contributed by atoms with E-state index in [4.69, 9.17) is 5.11 Å². The van der Waals surface area contributed by atoms with Crippen molar-refractivity contribution in [3.8, 4) is 0 Å². The lowest BCUT2D eigenvalue weighted by Crippen LogP contribution is -2.36. The lowest BCUT2D eigenvalue weighted by molar-refractivity contribution is -0.142. The van der Waals surface area contributed by atoms with Crippen LogP contribution in [0.5, 0.6) is 0 Å². The van der Waals surface area contributed by atoms with Gasteiger partial charge in [0.2, 0.25) is 5.91 Å². The van der Waals surface area contributed by atoms with Gasteiger partial charge in [0.15, 0.2) is 0 Å². The van der Waals surface area contributed by atoms with Gasteiger partial charge in [0.25, 0.3) is 0 Å². The Balaban J connectivity index is 1.58. The second-order valence-electron chi connectivity index (χ2n) is 7.80. The van der Waals surface area contributed by atoms with Crippen LogP contribution in [0.2, 0.25) is 0 Å². The number of piperidine rings is 1. The van der Waals surface area contributed by atoms with Gasteiger partial charge in [-0.05, 0) is 43.4 Å². The third kappa shape index (κ3) is 4.57. The maximum atomic E-state index is 12.6. The van der Waals surface area contributed by atoms with Gasteiger partial charge in [-0.1, -0.05) is 31.4 Å². The van der Waals surface area contributed by atoms with Crippen LogP contribution < -0.4 is 4.90 Å². The standard InChI is InChI=1S/C21H30N2O3/c1-22(20(24)17-7-3-2-4-8-17)15-16-6-5-9-19(14-16)23-12-10-18(11-13-23)21(25)26/h5-6,9,14,17-18H,2-4,7-8,10-13,15H2,1H3,(H,25,26). The van der Waals surface area contributed by atoms with Crippen molar-refractivity contribution in [2.24, 2.45) is 11.8 Å². The van der Waals surface area contributed by atoms with Gasteiger partial charge in [-0.2, -0.15) is 0 Å². The van der Waals surface area contributed by atoms with E-state index in [0.29, 0.717) is 19.4 Å². The minimum Gasteiger partial charge on any atom is -0.481 e. The van der Waals surface area contributed by atoms with E-state index < -0.39 is 5.97 Å². The third-order valence-corrected chi connectivity index (χ3v) is 5.87. The number of hydrogen-bond acceptors (Lipinski definition) is 3. The number of nitrogens with zero attached hydrogens (tertiary/aromatic N) is 2. The molecule has 0 aromatic heterocycles. The molecule has 26 heavy (non-hydrogen) atoms. The van der Waals surface area contributed by atoms with Crippen molar-refractivity contribution in [3.05, 3.63) is 29.8 Å². The average molecular weight is 358 g/mol. The molecule has 1 saturated carbocycles. The molecule has 2 fully saturated rings. The number of anilines is 1. The molecular weight excluding hydrogens is 328 g/mol. The van der Waals surface area contributed by atoms with Crippen molar-refractivity contribution < 1.29 is 14.7 Å². The van der Waals surface area contributed by atoms with Gasteiger partial charge in [-0.15, -0.1) is 0 Å². The maximum absolute atomic E-state index is 12.6. The number of aliphatic carboxylic acids is 1. The molecule has 5 heteroatoms. The molecule has 0 radical (unpaired) electrons. The predicted octanol–water partition coefficient (Wildman–Crippen LogP) is 3.53. The van der Waals surface area contributed by atoms with Gasteiger partial charge < -0.3 is 14.9 Å². The second-order valence-corrected chi connectivity index (χ2v) is 7.80. The minimum absolute atomic E-state index is 0.201. The van der Waals surface area contributed by atoms with Gasteiger partial charge in [0, 0.05) is 38.3 Å². The average Bonchev–Trinajstić information content (AvgIpc) is 2.68. The monoisotopic (exact) mass is 358 g/mol. The molecule has 1 aliphatic carbocycles. The summed E-state index contributed by atoms with van der Waals surface area (Å²) >= 11 is 0. The Morgan fingerprint density at radius 2 is 1.77 bits per heavy atom. The van der Waals surface area contributed by atoms with Crippen LogP contribution in [0.4, 0.5) is 5.69 Å². The first-order chi connectivity index (χ1) is 12.5. The number of carboxylic acid groups (broad SMARTS) is 1. The highest BCUT2D eigenvalue weighted by molar-refractivity contribution is 5.78. The van der Waals surface area contributed by atoms with Gasteiger partial charge in [-0.3, -0.25) is 9.59 Å². The number of carbonyl (C=O) groups excluding carboxylic acids is 1. The molecule has 1 saturated heterocycles. The summed E-state index contributed by atoms with van der Waals surface area (Å²) in [6.07, 6.45) is 7.05. The summed E-state index contributed by atoms with van der Waals surface area (Å²) in [5.74, 6) is -0.417. The first-order valence-electron chi connectivity index (χ1n) is 9.86. The Morgan fingerprint density at radius 3 is 2.42 bits per heavy atom. The first-order valence-corrected chi connectivity index (χ1v) is 9.86. The van der Waals surface area contributed by atoms with Crippen molar-refractivity contribution in [2.45, 2.75) is 51.5 Å². The van der Waals surface area contributed by atoms with Crippen LogP contribution >= 0.6 is 0 Å². The van der Waals surface area contributed by atoms with Gasteiger partial charge >= 0.3 is 5.97 Å². The van der Waals surface area contributed by atoms with E-state index in [1.165, 1.54) is 19.3 Å². The highest BCUT2D eigenvalue weighted by Crippen LogP contribution is 2.27. The molecule has 1 aromatic rings. The van der Waals surface area contributed by atoms with Crippen LogP contribution in [0.3, 0.4) is 0 Å². The largest absolute Gasteiger partial charge is 0.481 e. The van der Waals surface area contributed by atoms with Crippen molar-refractivity contribution in [1.82, 2.24) is 4.90 Å². The molecule has 2 aliphatic rings. The molecule has 1 N–H and O–H groups in total. The number of carbonyl (C=O) groups is 2. The zero-order valence-electron chi connectivity index (χ0n) is 15.7. The molecule has 5 nitrogen and oxygen atoms in total. The molecular formula is C21H30N2O3. The topological polar surface area (TPSA) is 60.9 Å². The number of hydrogen-bond donors (Lipinski definition) is 1. The number of benzene rings is 1. The second kappa shape index (κ2) is 8.56. The molecule has 1 aromatic carbocycles. The lowest BCUT2D eigenvalue weighted by atomic mass is 9.88. The Morgan fingerprint density at radius 1 is 1.08 bits per heavy atom. The van der Waals surface area contributed by atoms with E-state index in [2.05, 4.69) is 23.1 Å². The normalized spacial score (nSPS) is 19.3. The van der Waals surface area contributed by atoms with E-state index in [1.807, 2.05) is 18.0 Å². The summed E-state index contributed by atoms with van der Waals surface area (Å²) in [5.41, 5.74) is 2.26. The number of carboxylic acids is 1. The zero-order chi connectivity index (χ0) is 18.5. The van der Waals surface area contributed by atoms with Crippen LogP contribution in [0, 0.1) is 11.8 Å². The first kappa shape index (κ1) is 18.7. The summed E-state index contributed by atoms with van der Waals surface area (Å²) in [7, 11) is 1.90. The fourth-order valence-electron chi connectivity index (χ4n) is 4.25. The van der Waals surface area contributed by atoms with Crippen LogP contribution in [-0.4, -0.2) is 42.0 Å². The van der Waals surface area contributed by atoms with Crippen molar-refractivity contribution in [3.63, 3.8) is 0 Å². The van der Waals surface area contributed by atoms with Gasteiger partial charge in [0.05, 0.1) is 5.92 Å². The molecule has 142 valence electrons. The Labute approximate surface area is 156 Å². The van der Waals surface area contributed by atoms with Crippen LogP contribution in [0.15, 0.2) is 24.3 Å². The number of rotatable bonds is 5. The molecule has 0 atom stereocenters. The van der Waals surface area contributed by atoms with Crippen LogP contribution in [0.1, 0.15) is 50.5 Å². The fraction of sp³-hybridized carbons (Fsp3) is 0.619. The van der Waals surface area contributed by atoms with E-state index in [-0.39, 0.29) is 17.7 Å². The van der Waals surface area contributed by atoms with Crippen molar-refractivity contribution >= 4 is 17.6 Å². The Hall–Kier alpha value is -2.04. The van der Waals surface area contributed by atoms with Crippen LogP contribution in [-0.2, 0) is 16.1 Å². The van der Waals surface area contributed by atoms with Crippen molar-refractivity contribution in [2.75, 3.05) is 25.0 Å². The van der Waals surface area contributed by atoms with E-state index >= 15 is 0 Å². The zero-order valence-corrected chi connectivity index (χ0v) is 15.7. The molecule has 0 unspecified atom stereocenters. The smallest absolute Gasteiger partial charge is 0.306 e. The molecule has 1 amide bonds. The molecule has 0 bridgehead atoms. The quantitative estimate of drug-likeness (QED) is 0.875. The van der Waals surface area contributed by atoms with Crippen molar-refractivity contribution in [1.29, 1.82) is 0 Å². The Kier molecular flexibility index (Phi) is 6.17. The number of amides is 1. The van der Waals surface area contributed by atoms with E-state index in [1.54, 1.807) is 0 Å². The lowest BCUT2D eigenvalue weighted by Gasteiger charge is -2.32. The summed E-state index contributed by atoms with van der Waals surface area (Å²) < 4.78 is 0. The summed E-state index contributed by atoms with van der Waals surface area (Å²) in [6, 6.07) is 8.32. The molecule has 0 spiro atoms. The van der Waals surface area contributed by atoms with E-state index in [9.17, 15) is 9.59 Å². The minimum atomic E-state index is -0.679. The third-order valence-electron chi connectivity index (χ3n) is 5.87. The molecule has 1 aliphatic heterocycles. The van der Waals surface area contributed by atoms with E-state index in [0.717, 1.165) is 37.2 Å².